The predicted molar refractivity (Wildman–Crippen MR) is 121 cm³/mol. The molecule has 0 unspecified atom stereocenters. The van der Waals surface area contributed by atoms with Crippen LogP contribution in [0.3, 0.4) is 0 Å². The highest BCUT2D eigenvalue weighted by Gasteiger charge is 2.40. The van der Waals surface area contributed by atoms with Gasteiger partial charge in [-0.15, -0.1) is 0 Å². The van der Waals surface area contributed by atoms with Crippen LogP contribution in [-0.4, -0.2) is 49.3 Å². The van der Waals surface area contributed by atoms with E-state index in [1.165, 1.54) is 0 Å². The van der Waals surface area contributed by atoms with Crippen LogP contribution in [0.2, 0.25) is 0 Å². The molecule has 8 nitrogen and oxygen atoms in total. The summed E-state index contributed by atoms with van der Waals surface area (Å²) in [6.45, 7) is 1.43. The minimum atomic E-state index is -0.991. The number of benzene rings is 1. The van der Waals surface area contributed by atoms with Crippen molar-refractivity contribution in [2.75, 3.05) is 13.1 Å². The summed E-state index contributed by atoms with van der Waals surface area (Å²) in [5, 5.41) is 20.3. The second kappa shape index (κ2) is 7.90. The largest absolute Gasteiger partial charge is 0.480 e. The Morgan fingerprint density at radius 1 is 1.12 bits per heavy atom. The van der Waals surface area contributed by atoms with E-state index in [1.807, 2.05) is 33.7 Å². The molecular formula is C23H22BrN3O5. The minimum absolute atomic E-state index is 0.0113. The normalized spacial score (nSPS) is 21.3. The summed E-state index contributed by atoms with van der Waals surface area (Å²) in [4.78, 5) is 38.2. The van der Waals surface area contributed by atoms with Gasteiger partial charge in [0.15, 0.2) is 0 Å². The lowest BCUT2D eigenvalue weighted by atomic mass is 9.82. The number of fused-ring (bicyclic) bond motifs is 5. The third-order valence-corrected chi connectivity index (χ3v) is 7.08. The number of hydrogen-bond donors (Lipinski definition) is 2. The van der Waals surface area contributed by atoms with Gasteiger partial charge in [-0.05, 0) is 30.5 Å². The van der Waals surface area contributed by atoms with E-state index in [-0.39, 0.29) is 23.9 Å². The van der Waals surface area contributed by atoms with Crippen LogP contribution in [0.1, 0.15) is 29.6 Å². The number of nitrogens with zero attached hydrogens (tertiary/aromatic N) is 3. The van der Waals surface area contributed by atoms with Crippen molar-refractivity contribution in [3.8, 4) is 0 Å². The summed E-state index contributed by atoms with van der Waals surface area (Å²) in [5.41, 5.74) is 2.21. The van der Waals surface area contributed by atoms with Crippen molar-refractivity contribution in [1.82, 2.24) is 14.0 Å². The lowest BCUT2D eigenvalue weighted by Crippen LogP contribution is -2.49. The first kappa shape index (κ1) is 21.0. The van der Waals surface area contributed by atoms with Crippen molar-refractivity contribution in [3.63, 3.8) is 0 Å². The molecule has 0 saturated carbocycles. The van der Waals surface area contributed by atoms with Crippen molar-refractivity contribution in [1.29, 1.82) is 0 Å². The highest BCUT2D eigenvalue weighted by molar-refractivity contribution is 9.10. The molecule has 0 aliphatic carbocycles. The van der Waals surface area contributed by atoms with E-state index in [2.05, 4.69) is 15.9 Å². The first-order chi connectivity index (χ1) is 15.3. The topological polar surface area (TPSA) is 105 Å². The van der Waals surface area contributed by atoms with Gasteiger partial charge in [0.1, 0.15) is 12.6 Å². The highest BCUT2D eigenvalue weighted by Crippen LogP contribution is 2.40. The van der Waals surface area contributed by atoms with Gasteiger partial charge in [-0.25, -0.2) is 0 Å². The highest BCUT2D eigenvalue weighted by atomic mass is 79.9. The number of halogens is 1. The molecule has 0 radical (unpaired) electrons. The Bertz CT molecular complexity index is 1300. The van der Waals surface area contributed by atoms with Gasteiger partial charge in [-0.2, -0.15) is 0 Å². The quantitative estimate of drug-likeness (QED) is 0.559. The maximum absolute atomic E-state index is 12.5. The molecule has 2 aromatic heterocycles. The first-order valence-electron chi connectivity index (χ1n) is 10.5. The van der Waals surface area contributed by atoms with E-state index in [1.54, 1.807) is 22.9 Å². The average Bonchev–Trinajstić information content (AvgIpc) is 3.05. The molecule has 4 heterocycles. The van der Waals surface area contributed by atoms with Crippen molar-refractivity contribution >= 4 is 38.8 Å². The van der Waals surface area contributed by atoms with E-state index >= 15 is 0 Å². The number of carboxylic acid groups (broad SMARTS) is 2. The summed E-state index contributed by atoms with van der Waals surface area (Å²) in [5.74, 6) is -1.69. The number of likely N-dealkylation sites (tertiary alicyclic amines) is 1. The third-order valence-electron chi connectivity index (χ3n) is 6.58. The smallest absolute Gasteiger partial charge is 0.325 e. The number of carboxylic acids is 2. The van der Waals surface area contributed by atoms with E-state index in [4.69, 9.17) is 0 Å². The summed E-state index contributed by atoms with van der Waals surface area (Å²) in [6.07, 6.45) is 2.59. The van der Waals surface area contributed by atoms with Gasteiger partial charge in [-0.3, -0.25) is 19.3 Å². The Kier molecular flexibility index (Phi) is 5.17. The number of hydrogen-bond acceptors (Lipinski definition) is 4. The Labute approximate surface area is 191 Å². The zero-order valence-corrected chi connectivity index (χ0v) is 18.7. The van der Waals surface area contributed by atoms with Crippen LogP contribution >= 0.6 is 15.9 Å². The van der Waals surface area contributed by atoms with Crippen LogP contribution in [0, 0.1) is 5.92 Å². The molecule has 2 bridgehead atoms. The molecule has 3 aromatic rings. The molecule has 2 aliphatic heterocycles. The van der Waals surface area contributed by atoms with Crippen molar-refractivity contribution in [2.45, 2.75) is 31.5 Å². The summed E-state index contributed by atoms with van der Waals surface area (Å²) < 4.78 is 4.21. The standard InChI is InChI=1S/C23H22BrN3O5/c24-15-4-5-16-17(11-25(12-21(29)30)19(16)7-15)22(23(31)32)26-8-13-6-14(10-26)18-2-1-3-20(28)27(18)9-13/h1-5,7,11,13-14,22H,6,8-10,12H2,(H,29,30)(H,31,32)/t13-,14-,22-/m0/s1. The van der Waals surface area contributed by atoms with Gasteiger partial charge >= 0.3 is 11.9 Å². The molecule has 1 aromatic carbocycles. The number of pyridine rings is 1. The van der Waals surface area contributed by atoms with E-state index in [0.717, 1.165) is 22.0 Å². The zero-order chi connectivity index (χ0) is 22.6. The Morgan fingerprint density at radius 2 is 1.94 bits per heavy atom. The average molecular weight is 500 g/mol. The van der Waals surface area contributed by atoms with Gasteiger partial charge in [0.05, 0.1) is 5.52 Å². The molecule has 1 saturated heterocycles. The molecule has 9 heteroatoms. The predicted octanol–water partition coefficient (Wildman–Crippen LogP) is 2.90. The van der Waals surface area contributed by atoms with Gasteiger partial charge in [0.2, 0.25) is 0 Å². The third kappa shape index (κ3) is 3.55. The lowest BCUT2D eigenvalue weighted by molar-refractivity contribution is -0.144. The Hall–Kier alpha value is -2.91. The van der Waals surface area contributed by atoms with Crippen LogP contribution in [0.5, 0.6) is 0 Å². The maximum atomic E-state index is 12.5. The fourth-order valence-corrected chi connectivity index (χ4v) is 5.77. The fourth-order valence-electron chi connectivity index (χ4n) is 5.42. The molecular weight excluding hydrogens is 478 g/mol. The Balaban J connectivity index is 1.57. The second-order valence-electron chi connectivity index (χ2n) is 8.66. The van der Waals surface area contributed by atoms with Crippen molar-refractivity contribution in [2.24, 2.45) is 5.92 Å². The zero-order valence-electron chi connectivity index (χ0n) is 17.1. The maximum Gasteiger partial charge on any atom is 0.325 e. The van der Waals surface area contributed by atoms with E-state index in [9.17, 15) is 24.6 Å². The molecule has 5 rings (SSSR count). The molecule has 2 N–H and O–H groups in total. The van der Waals surface area contributed by atoms with E-state index < -0.39 is 18.0 Å². The number of piperidine rings is 1. The molecule has 2 aliphatic rings. The van der Waals surface area contributed by atoms with Gasteiger partial charge in [-0.1, -0.05) is 28.1 Å². The van der Waals surface area contributed by atoms with Crippen LogP contribution in [0.25, 0.3) is 10.9 Å². The number of rotatable bonds is 5. The molecule has 1 fully saturated rings. The second-order valence-corrected chi connectivity index (χ2v) is 9.58. The minimum Gasteiger partial charge on any atom is -0.480 e. The SMILES string of the molecule is O=C(O)Cn1cc([C@@H](C(=O)O)N2C[C@@H]3C[C@@H](C2)c2cccc(=O)n2C3)c2ccc(Br)cc21. The molecule has 32 heavy (non-hydrogen) atoms. The van der Waals surface area contributed by atoms with E-state index in [0.29, 0.717) is 30.7 Å². The first-order valence-corrected chi connectivity index (χ1v) is 11.3. The fraction of sp³-hybridized carbons (Fsp3) is 0.348. The number of aromatic nitrogens is 2. The number of aliphatic carboxylic acids is 2. The summed E-state index contributed by atoms with van der Waals surface area (Å²) in [7, 11) is 0. The van der Waals surface area contributed by atoms with Crippen LogP contribution in [-0.2, 0) is 22.7 Å². The van der Waals surface area contributed by atoms with Gasteiger partial charge in [0.25, 0.3) is 5.56 Å². The molecule has 3 atom stereocenters. The van der Waals surface area contributed by atoms with Gasteiger partial charge < -0.3 is 19.3 Å². The Morgan fingerprint density at radius 3 is 2.69 bits per heavy atom. The van der Waals surface area contributed by atoms with Crippen LogP contribution in [0.15, 0.2) is 51.9 Å². The van der Waals surface area contributed by atoms with Crippen LogP contribution < -0.4 is 5.56 Å². The molecule has 0 spiro atoms. The number of carbonyl (C=O) groups is 2. The monoisotopic (exact) mass is 499 g/mol. The lowest BCUT2D eigenvalue weighted by Gasteiger charge is -2.44. The molecule has 0 amide bonds. The summed E-state index contributed by atoms with van der Waals surface area (Å²) in [6, 6.07) is 9.87. The molecule has 166 valence electrons. The van der Waals surface area contributed by atoms with Crippen molar-refractivity contribution < 1.29 is 19.8 Å². The van der Waals surface area contributed by atoms with Gasteiger partial charge in [0, 0.05) is 58.9 Å². The van der Waals surface area contributed by atoms with Crippen molar-refractivity contribution in [3.05, 3.63) is 68.7 Å². The summed E-state index contributed by atoms with van der Waals surface area (Å²) >= 11 is 3.42. The van der Waals surface area contributed by atoms with Crippen LogP contribution in [0.4, 0.5) is 0 Å².